The van der Waals surface area contributed by atoms with Gasteiger partial charge in [0.1, 0.15) is 0 Å². The third kappa shape index (κ3) is 1.12. The number of benzene rings is 1. The Morgan fingerprint density at radius 2 is 1.69 bits per heavy atom. The molecule has 0 unspecified atom stereocenters. The Hall–Kier alpha value is -0.480. The summed E-state index contributed by atoms with van der Waals surface area (Å²) in [5.41, 5.74) is 1.16. The molecule has 2 nitrogen and oxygen atoms in total. The molecule has 66 valence electrons. The van der Waals surface area contributed by atoms with Crippen LogP contribution in [-0.4, -0.2) is 11.6 Å². The number of fused-ring (bicyclic) bond motifs is 1. The fourth-order valence-electron chi connectivity index (χ4n) is 1.34. The van der Waals surface area contributed by atoms with Crippen LogP contribution in [0.1, 0.15) is 15.9 Å². The standard InChI is InChI=1S/C9H4Br2O2/c10-9(11)6-4-2-1-3-5(6)7(12)8(9)13/h1-4H. The first kappa shape index (κ1) is 9.09. The van der Waals surface area contributed by atoms with Gasteiger partial charge in [-0.25, -0.2) is 0 Å². The van der Waals surface area contributed by atoms with E-state index in [9.17, 15) is 9.59 Å². The average Bonchev–Trinajstić information content (AvgIpc) is 2.30. The second-order valence-corrected chi connectivity index (χ2v) is 6.22. The molecule has 0 radical (unpaired) electrons. The molecule has 0 N–H and O–H groups in total. The molecule has 0 saturated heterocycles. The van der Waals surface area contributed by atoms with Crippen molar-refractivity contribution >= 4 is 43.4 Å². The zero-order chi connectivity index (χ0) is 9.64. The Labute approximate surface area is 91.6 Å². The lowest BCUT2D eigenvalue weighted by molar-refractivity contribution is -0.114. The fraction of sp³-hybridized carbons (Fsp3) is 0.111. The molecule has 4 heteroatoms. The first-order chi connectivity index (χ1) is 6.05. The van der Waals surface area contributed by atoms with Gasteiger partial charge in [-0.3, -0.25) is 9.59 Å². The topological polar surface area (TPSA) is 34.1 Å². The van der Waals surface area contributed by atoms with Crippen LogP contribution in [-0.2, 0) is 8.03 Å². The van der Waals surface area contributed by atoms with Crippen molar-refractivity contribution in [3.05, 3.63) is 35.4 Å². The number of alkyl halides is 2. The molecule has 1 aliphatic rings. The lowest BCUT2D eigenvalue weighted by atomic mass is 10.1. The highest BCUT2D eigenvalue weighted by Gasteiger charge is 2.47. The van der Waals surface area contributed by atoms with Gasteiger partial charge in [0.15, 0.2) is 3.23 Å². The minimum absolute atomic E-state index is 0.440. The SMILES string of the molecule is O=C1C(=O)C(Br)(Br)c2ccccc21. The van der Waals surface area contributed by atoms with E-state index in [1.807, 2.05) is 0 Å². The number of hydrogen-bond acceptors (Lipinski definition) is 2. The van der Waals surface area contributed by atoms with Gasteiger partial charge in [-0.15, -0.1) is 0 Å². The fourth-order valence-corrected chi connectivity index (χ4v) is 2.39. The molecule has 0 heterocycles. The predicted molar refractivity (Wildman–Crippen MR) is 55.3 cm³/mol. The van der Waals surface area contributed by atoms with Gasteiger partial charge in [-0.05, 0) is 5.56 Å². The van der Waals surface area contributed by atoms with Crippen LogP contribution in [0.25, 0.3) is 0 Å². The number of carbonyl (C=O) groups excluding carboxylic acids is 2. The van der Waals surface area contributed by atoms with Gasteiger partial charge >= 0.3 is 0 Å². The minimum atomic E-state index is -1.01. The highest BCUT2D eigenvalue weighted by Crippen LogP contribution is 2.46. The number of ketones is 2. The van der Waals surface area contributed by atoms with Crippen molar-refractivity contribution < 1.29 is 9.59 Å². The molecule has 0 aliphatic heterocycles. The molecular weight excluding hydrogens is 300 g/mol. The van der Waals surface area contributed by atoms with Crippen molar-refractivity contribution in [1.29, 1.82) is 0 Å². The number of hydrogen-bond donors (Lipinski definition) is 0. The number of rotatable bonds is 0. The molecule has 0 amide bonds. The quantitative estimate of drug-likeness (QED) is 0.545. The molecule has 0 fully saturated rings. The van der Waals surface area contributed by atoms with E-state index in [0.717, 1.165) is 0 Å². The van der Waals surface area contributed by atoms with Crippen LogP contribution in [0.5, 0.6) is 0 Å². The summed E-state index contributed by atoms with van der Waals surface area (Å²) < 4.78 is -1.01. The maximum Gasteiger partial charge on any atom is 0.235 e. The van der Waals surface area contributed by atoms with Crippen molar-refractivity contribution in [3.63, 3.8) is 0 Å². The summed E-state index contributed by atoms with van der Waals surface area (Å²) in [6, 6.07) is 6.94. The largest absolute Gasteiger partial charge is 0.287 e. The number of carbonyl (C=O) groups is 2. The first-order valence-electron chi connectivity index (χ1n) is 3.61. The van der Waals surface area contributed by atoms with Crippen molar-refractivity contribution in [2.45, 2.75) is 3.23 Å². The third-order valence-electron chi connectivity index (χ3n) is 2.00. The molecule has 0 aromatic heterocycles. The van der Waals surface area contributed by atoms with E-state index in [-0.39, 0.29) is 0 Å². The van der Waals surface area contributed by atoms with E-state index in [2.05, 4.69) is 31.9 Å². The molecule has 13 heavy (non-hydrogen) atoms. The van der Waals surface area contributed by atoms with E-state index in [1.165, 1.54) is 0 Å². The average molecular weight is 304 g/mol. The minimum Gasteiger partial charge on any atom is -0.287 e. The van der Waals surface area contributed by atoms with Crippen LogP contribution >= 0.6 is 31.9 Å². The third-order valence-corrected chi connectivity index (χ3v) is 3.58. The summed E-state index contributed by atoms with van der Waals surface area (Å²) in [6.07, 6.45) is 0. The van der Waals surface area contributed by atoms with Crippen LogP contribution in [0.4, 0.5) is 0 Å². The Morgan fingerprint density at radius 3 is 2.31 bits per heavy atom. The second kappa shape index (κ2) is 2.75. The monoisotopic (exact) mass is 302 g/mol. The van der Waals surface area contributed by atoms with Crippen molar-refractivity contribution in [3.8, 4) is 0 Å². The zero-order valence-electron chi connectivity index (χ0n) is 6.38. The molecular formula is C9H4Br2O2. The van der Waals surface area contributed by atoms with Crippen LogP contribution in [0, 0.1) is 0 Å². The van der Waals surface area contributed by atoms with E-state index >= 15 is 0 Å². The number of halogens is 2. The van der Waals surface area contributed by atoms with Gasteiger partial charge < -0.3 is 0 Å². The van der Waals surface area contributed by atoms with Crippen molar-refractivity contribution in [2.75, 3.05) is 0 Å². The van der Waals surface area contributed by atoms with Crippen molar-refractivity contribution in [2.24, 2.45) is 0 Å². The molecule has 1 aromatic carbocycles. The van der Waals surface area contributed by atoms with E-state index in [4.69, 9.17) is 0 Å². The summed E-state index contributed by atoms with van der Waals surface area (Å²) in [6.45, 7) is 0. The maximum absolute atomic E-state index is 11.4. The van der Waals surface area contributed by atoms with Crippen LogP contribution in [0.2, 0.25) is 0 Å². The first-order valence-corrected chi connectivity index (χ1v) is 5.20. The summed E-state index contributed by atoms with van der Waals surface area (Å²) in [5, 5.41) is 0. The lowest BCUT2D eigenvalue weighted by Gasteiger charge is -2.10. The van der Waals surface area contributed by atoms with Gasteiger partial charge in [0, 0.05) is 5.56 Å². The van der Waals surface area contributed by atoms with E-state index in [1.54, 1.807) is 24.3 Å². The molecule has 1 aliphatic carbocycles. The Balaban J connectivity index is 2.75. The molecule has 0 saturated carbocycles. The van der Waals surface area contributed by atoms with E-state index in [0.29, 0.717) is 11.1 Å². The summed E-state index contributed by atoms with van der Waals surface area (Å²) in [5.74, 6) is -0.905. The summed E-state index contributed by atoms with van der Waals surface area (Å²) in [4.78, 5) is 22.8. The van der Waals surface area contributed by atoms with Gasteiger partial charge in [0.05, 0.1) is 0 Å². The van der Waals surface area contributed by atoms with E-state index < -0.39 is 14.8 Å². The van der Waals surface area contributed by atoms with Crippen LogP contribution < -0.4 is 0 Å². The maximum atomic E-state index is 11.4. The summed E-state index contributed by atoms with van der Waals surface area (Å²) in [7, 11) is 0. The van der Waals surface area contributed by atoms with Crippen LogP contribution in [0.3, 0.4) is 0 Å². The van der Waals surface area contributed by atoms with Gasteiger partial charge in [-0.1, -0.05) is 56.1 Å². The second-order valence-electron chi connectivity index (χ2n) is 2.78. The molecule has 0 spiro atoms. The molecule has 0 bridgehead atoms. The summed E-state index contributed by atoms with van der Waals surface area (Å²) >= 11 is 6.39. The Bertz CT molecular complexity index is 410. The molecule has 0 atom stereocenters. The van der Waals surface area contributed by atoms with Gasteiger partial charge in [-0.2, -0.15) is 0 Å². The normalized spacial score (nSPS) is 18.9. The highest BCUT2D eigenvalue weighted by atomic mass is 79.9. The highest BCUT2D eigenvalue weighted by molar-refractivity contribution is 9.25. The van der Waals surface area contributed by atoms with Gasteiger partial charge in [0.25, 0.3) is 0 Å². The Morgan fingerprint density at radius 1 is 1.08 bits per heavy atom. The molecule has 2 rings (SSSR count). The van der Waals surface area contributed by atoms with Gasteiger partial charge in [0.2, 0.25) is 11.6 Å². The van der Waals surface area contributed by atoms with Crippen molar-refractivity contribution in [1.82, 2.24) is 0 Å². The number of Topliss-reactive ketones (excluding diaryl/α,β-unsaturated/α-hetero) is 2. The zero-order valence-corrected chi connectivity index (χ0v) is 9.55. The Kier molecular flexibility index (Phi) is 1.92. The lowest BCUT2D eigenvalue weighted by Crippen LogP contribution is -2.19. The predicted octanol–water partition coefficient (Wildman–Crippen LogP) is 2.39. The van der Waals surface area contributed by atoms with Crippen LogP contribution in [0.15, 0.2) is 24.3 Å². The smallest absolute Gasteiger partial charge is 0.235 e. The molecule has 1 aromatic rings.